The molecule has 11 heteroatoms. The van der Waals surface area contributed by atoms with E-state index < -0.39 is 16.9 Å². The lowest BCUT2D eigenvalue weighted by Gasteiger charge is -2.07. The molecule has 2 aromatic rings. The first-order valence-corrected chi connectivity index (χ1v) is 9.34. The number of carbonyl (C=O) groups is 2. The van der Waals surface area contributed by atoms with Crippen molar-refractivity contribution in [3.63, 3.8) is 0 Å². The van der Waals surface area contributed by atoms with Gasteiger partial charge in [0.2, 0.25) is 0 Å². The standard InChI is InChI=1S/C21H20N6O5/c1-3-32-21(29)24-20(28)16(12-22)13-23-18-6-4-5-15(11-18)14(2)25-26-17-7-9-19(10-8-17)27(30)31/h4-11,13,23,26H,3H2,1-2H3,(H,24,28,29)/b16-13-,25-14+. The molecule has 0 heterocycles. The van der Waals surface area contributed by atoms with E-state index in [1.54, 1.807) is 50.2 Å². The number of anilines is 2. The number of amides is 2. The molecule has 0 bridgehead atoms. The van der Waals surface area contributed by atoms with E-state index in [0.29, 0.717) is 17.1 Å². The van der Waals surface area contributed by atoms with Gasteiger partial charge in [-0.1, -0.05) is 12.1 Å². The Kier molecular flexibility index (Phi) is 8.44. The van der Waals surface area contributed by atoms with Gasteiger partial charge in [-0.05, 0) is 43.7 Å². The maximum Gasteiger partial charge on any atom is 0.414 e. The highest BCUT2D eigenvalue weighted by molar-refractivity contribution is 6.05. The topological polar surface area (TPSA) is 159 Å². The van der Waals surface area contributed by atoms with Crippen molar-refractivity contribution in [2.45, 2.75) is 13.8 Å². The van der Waals surface area contributed by atoms with Crippen LogP contribution in [-0.4, -0.2) is 29.2 Å². The number of rotatable bonds is 8. The summed E-state index contributed by atoms with van der Waals surface area (Å²) >= 11 is 0. The van der Waals surface area contributed by atoms with Gasteiger partial charge in [0.05, 0.1) is 22.9 Å². The highest BCUT2D eigenvalue weighted by atomic mass is 16.6. The van der Waals surface area contributed by atoms with Gasteiger partial charge in [-0.2, -0.15) is 10.4 Å². The van der Waals surface area contributed by atoms with E-state index in [0.717, 1.165) is 5.56 Å². The van der Waals surface area contributed by atoms with Crippen LogP contribution in [0.25, 0.3) is 0 Å². The van der Waals surface area contributed by atoms with Crippen molar-refractivity contribution in [3.05, 3.63) is 76.0 Å². The molecule has 0 aliphatic rings. The minimum Gasteiger partial charge on any atom is -0.450 e. The Morgan fingerprint density at radius 1 is 1.22 bits per heavy atom. The summed E-state index contributed by atoms with van der Waals surface area (Å²) in [6, 6.07) is 14.6. The predicted octanol–water partition coefficient (Wildman–Crippen LogP) is 3.52. The van der Waals surface area contributed by atoms with Gasteiger partial charge < -0.3 is 10.1 Å². The van der Waals surface area contributed by atoms with Gasteiger partial charge in [-0.25, -0.2) is 4.79 Å². The van der Waals surface area contributed by atoms with Crippen LogP contribution in [0, 0.1) is 21.4 Å². The molecule has 0 radical (unpaired) electrons. The van der Waals surface area contributed by atoms with Crippen molar-refractivity contribution in [2.75, 3.05) is 17.3 Å². The number of non-ortho nitro benzene ring substituents is 1. The molecule has 0 atom stereocenters. The van der Waals surface area contributed by atoms with Crippen molar-refractivity contribution in [3.8, 4) is 6.07 Å². The van der Waals surface area contributed by atoms with E-state index in [2.05, 4.69) is 20.6 Å². The number of nitro groups is 1. The van der Waals surface area contributed by atoms with Gasteiger partial charge in [0, 0.05) is 24.0 Å². The predicted molar refractivity (Wildman–Crippen MR) is 118 cm³/mol. The molecular formula is C21H20N6O5. The van der Waals surface area contributed by atoms with Crippen LogP contribution in [0.4, 0.5) is 21.9 Å². The zero-order valence-corrected chi connectivity index (χ0v) is 17.3. The molecule has 0 fully saturated rings. The molecule has 2 amide bonds. The maximum atomic E-state index is 11.9. The van der Waals surface area contributed by atoms with Gasteiger partial charge >= 0.3 is 6.09 Å². The second kappa shape index (κ2) is 11.5. The number of nitrogens with zero attached hydrogens (tertiary/aromatic N) is 3. The van der Waals surface area contributed by atoms with Crippen LogP contribution in [-0.2, 0) is 9.53 Å². The molecular weight excluding hydrogens is 416 g/mol. The smallest absolute Gasteiger partial charge is 0.414 e. The first-order valence-electron chi connectivity index (χ1n) is 9.34. The van der Waals surface area contributed by atoms with Crippen LogP contribution >= 0.6 is 0 Å². The van der Waals surface area contributed by atoms with E-state index in [1.807, 2.05) is 11.4 Å². The van der Waals surface area contributed by atoms with E-state index in [1.165, 1.54) is 18.3 Å². The number of nitriles is 1. The largest absolute Gasteiger partial charge is 0.450 e. The number of alkyl carbamates (subject to hydrolysis) is 1. The first kappa shape index (κ1) is 23.6. The first-order chi connectivity index (χ1) is 15.3. The van der Waals surface area contributed by atoms with E-state index in [4.69, 9.17) is 5.26 Å². The number of imide groups is 1. The molecule has 0 unspecified atom stereocenters. The Balaban J connectivity index is 2.06. The van der Waals surface area contributed by atoms with E-state index >= 15 is 0 Å². The number of nitro benzene ring substituents is 1. The highest BCUT2D eigenvalue weighted by Gasteiger charge is 2.13. The summed E-state index contributed by atoms with van der Waals surface area (Å²) in [5.74, 6) is -0.889. The van der Waals surface area contributed by atoms with E-state index in [9.17, 15) is 19.7 Å². The van der Waals surface area contributed by atoms with E-state index in [-0.39, 0.29) is 17.9 Å². The molecule has 0 spiro atoms. The van der Waals surface area contributed by atoms with Crippen LogP contribution < -0.4 is 16.1 Å². The fourth-order valence-corrected chi connectivity index (χ4v) is 2.34. The number of hydrazone groups is 1. The van der Waals surface area contributed by atoms with Crippen LogP contribution in [0.15, 0.2) is 65.4 Å². The van der Waals surface area contributed by atoms with Crippen LogP contribution in [0.5, 0.6) is 0 Å². The lowest BCUT2D eigenvalue weighted by atomic mass is 10.1. The molecule has 0 aromatic heterocycles. The molecule has 11 nitrogen and oxygen atoms in total. The van der Waals surface area contributed by atoms with Crippen molar-refractivity contribution >= 4 is 34.8 Å². The zero-order valence-electron chi connectivity index (χ0n) is 17.3. The molecule has 0 aliphatic carbocycles. The molecule has 164 valence electrons. The second-order valence-electron chi connectivity index (χ2n) is 6.18. The summed E-state index contributed by atoms with van der Waals surface area (Å²) in [4.78, 5) is 33.5. The number of hydrogen-bond donors (Lipinski definition) is 3. The van der Waals surface area contributed by atoms with Gasteiger partial charge in [0.15, 0.2) is 0 Å². The highest BCUT2D eigenvalue weighted by Crippen LogP contribution is 2.16. The number of carbonyl (C=O) groups excluding carboxylic acids is 2. The van der Waals surface area contributed by atoms with Crippen molar-refractivity contribution < 1.29 is 19.2 Å². The average molecular weight is 436 g/mol. The number of benzene rings is 2. The summed E-state index contributed by atoms with van der Waals surface area (Å²) in [6.07, 6.45) is 0.239. The zero-order chi connectivity index (χ0) is 23.5. The Morgan fingerprint density at radius 3 is 2.56 bits per heavy atom. The van der Waals surface area contributed by atoms with Crippen molar-refractivity contribution in [1.82, 2.24) is 5.32 Å². The van der Waals surface area contributed by atoms with Crippen molar-refractivity contribution in [1.29, 1.82) is 5.26 Å². The van der Waals surface area contributed by atoms with Crippen molar-refractivity contribution in [2.24, 2.45) is 5.10 Å². The average Bonchev–Trinajstić information content (AvgIpc) is 2.78. The maximum absolute atomic E-state index is 11.9. The summed E-state index contributed by atoms with van der Waals surface area (Å²) < 4.78 is 4.61. The Labute approximate surface area is 183 Å². The van der Waals surface area contributed by atoms with Gasteiger partial charge in [-0.15, -0.1) is 0 Å². The van der Waals surface area contributed by atoms with Crippen LogP contribution in [0.3, 0.4) is 0 Å². The Hall–Kier alpha value is -4.72. The number of hydrogen-bond acceptors (Lipinski definition) is 9. The summed E-state index contributed by atoms with van der Waals surface area (Å²) in [5, 5.41) is 28.9. The Bertz CT molecular complexity index is 1100. The fraction of sp³-hybridized carbons (Fsp3) is 0.143. The Morgan fingerprint density at radius 2 is 1.94 bits per heavy atom. The summed E-state index contributed by atoms with van der Waals surface area (Å²) in [7, 11) is 0. The summed E-state index contributed by atoms with van der Waals surface area (Å²) in [5.41, 5.74) is 5.02. The molecule has 0 aliphatic heterocycles. The molecule has 2 aromatic carbocycles. The molecule has 3 N–H and O–H groups in total. The fourth-order valence-electron chi connectivity index (χ4n) is 2.34. The molecule has 32 heavy (non-hydrogen) atoms. The van der Waals surface area contributed by atoms with Gasteiger partial charge in [0.25, 0.3) is 11.6 Å². The van der Waals surface area contributed by atoms with Crippen LogP contribution in [0.1, 0.15) is 19.4 Å². The van der Waals surface area contributed by atoms with Gasteiger partial charge in [0.1, 0.15) is 11.6 Å². The third kappa shape index (κ3) is 6.96. The molecule has 0 saturated heterocycles. The lowest BCUT2D eigenvalue weighted by Crippen LogP contribution is -2.32. The quantitative estimate of drug-likeness (QED) is 0.186. The minimum absolute atomic E-state index is 0.0178. The van der Waals surface area contributed by atoms with Crippen LogP contribution in [0.2, 0.25) is 0 Å². The SMILES string of the molecule is CCOC(=O)NC(=O)/C(C#N)=C\Nc1cccc(/C(C)=N/Nc2ccc([N+](=O)[O-])cc2)c1. The number of nitrogens with one attached hydrogen (secondary N) is 3. The molecule has 2 rings (SSSR count). The lowest BCUT2D eigenvalue weighted by molar-refractivity contribution is -0.384. The minimum atomic E-state index is -0.937. The summed E-state index contributed by atoms with van der Waals surface area (Å²) in [6.45, 7) is 3.45. The monoisotopic (exact) mass is 436 g/mol. The second-order valence-corrected chi connectivity index (χ2v) is 6.18. The molecule has 0 saturated carbocycles. The third-order valence-electron chi connectivity index (χ3n) is 3.95. The number of ether oxygens (including phenoxy) is 1. The van der Waals surface area contributed by atoms with Gasteiger partial charge in [-0.3, -0.25) is 25.7 Å². The third-order valence-corrected chi connectivity index (χ3v) is 3.95. The normalized spacial score (nSPS) is 11.2.